The summed E-state index contributed by atoms with van der Waals surface area (Å²) in [6.07, 6.45) is 1.81. The topological polar surface area (TPSA) is 53.4 Å². The van der Waals surface area contributed by atoms with Gasteiger partial charge >= 0.3 is 5.97 Å². The average molecular weight is 234 g/mol. The first kappa shape index (κ1) is 12.0. The van der Waals surface area contributed by atoms with E-state index in [2.05, 4.69) is 22.9 Å². The van der Waals surface area contributed by atoms with E-state index >= 15 is 0 Å². The van der Waals surface area contributed by atoms with Crippen LogP contribution in [0.5, 0.6) is 0 Å². The molecule has 0 aromatic carbocycles. The fraction of sp³-hybridized carbons (Fsp3) is 0.538. The highest BCUT2D eigenvalue weighted by Gasteiger charge is 2.34. The average Bonchev–Trinajstić information content (AvgIpc) is 2.24. The molecule has 4 heteroatoms. The van der Waals surface area contributed by atoms with Gasteiger partial charge in [-0.05, 0) is 24.5 Å². The summed E-state index contributed by atoms with van der Waals surface area (Å²) in [5.41, 5.74) is 2.29. The largest absolute Gasteiger partial charge is 0.481 e. The van der Waals surface area contributed by atoms with E-state index in [9.17, 15) is 4.79 Å². The predicted molar refractivity (Wildman–Crippen MR) is 64.5 cm³/mol. The predicted octanol–water partition coefficient (Wildman–Crippen LogP) is 1.54. The van der Waals surface area contributed by atoms with E-state index in [1.807, 2.05) is 6.07 Å². The molecule has 1 aromatic heterocycles. The van der Waals surface area contributed by atoms with E-state index in [-0.39, 0.29) is 11.8 Å². The van der Waals surface area contributed by atoms with Crippen molar-refractivity contribution in [2.45, 2.75) is 20.4 Å². The minimum Gasteiger partial charge on any atom is -0.481 e. The van der Waals surface area contributed by atoms with Crippen molar-refractivity contribution >= 4 is 5.97 Å². The van der Waals surface area contributed by atoms with Crippen molar-refractivity contribution in [2.24, 2.45) is 11.8 Å². The highest BCUT2D eigenvalue weighted by Crippen LogP contribution is 2.25. The van der Waals surface area contributed by atoms with Crippen molar-refractivity contribution in [1.29, 1.82) is 0 Å². The maximum atomic E-state index is 10.8. The smallest absolute Gasteiger partial charge is 0.306 e. The Balaban J connectivity index is 1.85. The summed E-state index contributed by atoms with van der Waals surface area (Å²) < 4.78 is 0. The number of nitrogens with zero attached hydrogens (tertiary/aromatic N) is 2. The maximum Gasteiger partial charge on any atom is 0.306 e. The molecule has 0 amide bonds. The molecule has 0 aliphatic carbocycles. The zero-order chi connectivity index (χ0) is 12.4. The Kier molecular flexibility index (Phi) is 3.43. The molecule has 92 valence electrons. The Labute approximate surface area is 101 Å². The molecule has 2 heterocycles. The standard InChI is InChI=1S/C13H18N2O2/c1-9-4-3-5-14-12(9)8-15-6-11(7-15)10(2)13(16)17/h3-5,10-11H,6-8H2,1-2H3,(H,16,17). The van der Waals surface area contributed by atoms with Crippen LogP contribution in [-0.2, 0) is 11.3 Å². The van der Waals surface area contributed by atoms with Gasteiger partial charge in [-0.25, -0.2) is 0 Å². The Bertz CT molecular complexity index is 414. The van der Waals surface area contributed by atoms with Gasteiger partial charge in [0.15, 0.2) is 0 Å². The number of likely N-dealkylation sites (tertiary alicyclic amines) is 1. The molecule has 1 aliphatic heterocycles. The molecular formula is C13H18N2O2. The van der Waals surface area contributed by atoms with Crippen LogP contribution in [0.1, 0.15) is 18.2 Å². The quantitative estimate of drug-likeness (QED) is 0.858. The van der Waals surface area contributed by atoms with Crippen LogP contribution in [0, 0.1) is 18.8 Å². The normalized spacial score (nSPS) is 18.7. The molecule has 0 radical (unpaired) electrons. The molecule has 2 rings (SSSR count). The SMILES string of the molecule is Cc1cccnc1CN1CC(C(C)C(=O)O)C1. The Hall–Kier alpha value is -1.42. The summed E-state index contributed by atoms with van der Waals surface area (Å²) in [5.74, 6) is -0.642. The van der Waals surface area contributed by atoms with E-state index in [1.54, 1.807) is 13.1 Å². The van der Waals surface area contributed by atoms with Gasteiger partial charge in [-0.2, -0.15) is 0 Å². The van der Waals surface area contributed by atoms with Crippen LogP contribution in [-0.4, -0.2) is 34.0 Å². The minimum atomic E-state index is -0.691. The van der Waals surface area contributed by atoms with Crippen molar-refractivity contribution in [3.8, 4) is 0 Å². The van der Waals surface area contributed by atoms with Gasteiger partial charge in [-0.1, -0.05) is 13.0 Å². The number of carboxylic acid groups (broad SMARTS) is 1. The first-order valence-corrected chi connectivity index (χ1v) is 5.93. The Morgan fingerprint density at radius 2 is 2.35 bits per heavy atom. The van der Waals surface area contributed by atoms with Crippen LogP contribution < -0.4 is 0 Å². The van der Waals surface area contributed by atoms with E-state index in [0.717, 1.165) is 25.3 Å². The van der Waals surface area contributed by atoms with E-state index in [0.29, 0.717) is 0 Å². The number of pyridine rings is 1. The van der Waals surface area contributed by atoms with Crippen molar-refractivity contribution in [3.63, 3.8) is 0 Å². The number of carbonyl (C=O) groups is 1. The summed E-state index contributed by atoms with van der Waals surface area (Å²) in [6, 6.07) is 3.99. The third kappa shape index (κ3) is 2.64. The second-order valence-electron chi connectivity index (χ2n) is 4.85. The first-order valence-electron chi connectivity index (χ1n) is 5.93. The van der Waals surface area contributed by atoms with E-state index in [1.165, 1.54) is 5.56 Å². The number of aliphatic carboxylic acids is 1. The molecule has 1 aromatic rings. The highest BCUT2D eigenvalue weighted by atomic mass is 16.4. The second-order valence-corrected chi connectivity index (χ2v) is 4.85. The zero-order valence-corrected chi connectivity index (χ0v) is 10.3. The number of carboxylic acids is 1. The van der Waals surface area contributed by atoms with Gasteiger partial charge in [-0.3, -0.25) is 14.7 Å². The number of rotatable bonds is 4. The van der Waals surface area contributed by atoms with Crippen molar-refractivity contribution in [3.05, 3.63) is 29.6 Å². The van der Waals surface area contributed by atoms with Gasteiger partial charge in [-0.15, -0.1) is 0 Å². The third-order valence-corrected chi connectivity index (χ3v) is 3.57. The van der Waals surface area contributed by atoms with Gasteiger partial charge in [0.2, 0.25) is 0 Å². The van der Waals surface area contributed by atoms with Crippen molar-refractivity contribution < 1.29 is 9.90 Å². The summed E-state index contributed by atoms with van der Waals surface area (Å²) in [7, 11) is 0. The highest BCUT2D eigenvalue weighted by molar-refractivity contribution is 5.70. The maximum absolute atomic E-state index is 10.8. The van der Waals surface area contributed by atoms with E-state index in [4.69, 9.17) is 5.11 Å². The summed E-state index contributed by atoms with van der Waals surface area (Å²) in [4.78, 5) is 17.4. The fourth-order valence-electron chi connectivity index (χ4n) is 2.15. The van der Waals surface area contributed by atoms with Gasteiger partial charge in [0.05, 0.1) is 11.6 Å². The lowest BCUT2D eigenvalue weighted by atomic mass is 9.87. The molecule has 1 saturated heterocycles. The van der Waals surface area contributed by atoms with Crippen LogP contribution in [0.2, 0.25) is 0 Å². The van der Waals surface area contributed by atoms with Crippen LogP contribution in [0.25, 0.3) is 0 Å². The van der Waals surface area contributed by atoms with Crippen LogP contribution in [0.15, 0.2) is 18.3 Å². The van der Waals surface area contributed by atoms with Crippen LogP contribution in [0.4, 0.5) is 0 Å². The minimum absolute atomic E-state index is 0.240. The summed E-state index contributed by atoms with van der Waals surface area (Å²) >= 11 is 0. The lowest BCUT2D eigenvalue weighted by Crippen LogP contribution is -2.50. The van der Waals surface area contributed by atoms with Gasteiger partial charge < -0.3 is 5.11 Å². The number of hydrogen-bond donors (Lipinski definition) is 1. The molecule has 4 nitrogen and oxygen atoms in total. The molecule has 0 spiro atoms. The third-order valence-electron chi connectivity index (χ3n) is 3.57. The molecule has 1 unspecified atom stereocenters. The van der Waals surface area contributed by atoms with Crippen LogP contribution in [0.3, 0.4) is 0 Å². The lowest BCUT2D eigenvalue weighted by Gasteiger charge is -2.41. The summed E-state index contributed by atoms with van der Waals surface area (Å²) in [5, 5.41) is 8.91. The van der Waals surface area contributed by atoms with Gasteiger partial charge in [0.25, 0.3) is 0 Å². The first-order chi connectivity index (χ1) is 8.08. The van der Waals surface area contributed by atoms with Crippen LogP contribution >= 0.6 is 0 Å². The monoisotopic (exact) mass is 234 g/mol. The molecule has 0 saturated carbocycles. The molecule has 1 aliphatic rings. The number of aryl methyl sites for hydroxylation is 1. The van der Waals surface area contributed by atoms with E-state index < -0.39 is 5.97 Å². The van der Waals surface area contributed by atoms with Crippen molar-refractivity contribution in [2.75, 3.05) is 13.1 Å². The number of aromatic nitrogens is 1. The molecule has 1 N–H and O–H groups in total. The molecular weight excluding hydrogens is 216 g/mol. The fourth-order valence-corrected chi connectivity index (χ4v) is 2.15. The number of hydrogen-bond acceptors (Lipinski definition) is 3. The van der Waals surface area contributed by atoms with Gasteiger partial charge in [0.1, 0.15) is 0 Å². The molecule has 17 heavy (non-hydrogen) atoms. The van der Waals surface area contributed by atoms with Crippen molar-refractivity contribution in [1.82, 2.24) is 9.88 Å². The zero-order valence-electron chi connectivity index (χ0n) is 10.3. The molecule has 1 fully saturated rings. The Morgan fingerprint density at radius 1 is 1.65 bits per heavy atom. The van der Waals surface area contributed by atoms with Gasteiger partial charge in [0, 0.05) is 25.8 Å². The Morgan fingerprint density at radius 3 is 2.94 bits per heavy atom. The second kappa shape index (κ2) is 4.84. The molecule has 0 bridgehead atoms. The summed E-state index contributed by atoms with van der Waals surface area (Å²) in [6.45, 7) is 6.40. The lowest BCUT2D eigenvalue weighted by molar-refractivity contribution is -0.145. The molecule has 1 atom stereocenters.